The molecule has 0 bridgehead atoms. The Bertz CT molecular complexity index is 990. The smallest absolute Gasteiger partial charge is 0.333 e. The highest BCUT2D eigenvalue weighted by Gasteiger charge is 2.42. The second-order valence-electron chi connectivity index (χ2n) is 8.29. The number of sulfonamides is 1. The lowest BCUT2D eigenvalue weighted by Crippen LogP contribution is -2.41. The second kappa shape index (κ2) is 8.09. The van der Waals surface area contributed by atoms with Crippen LogP contribution in [0.2, 0.25) is 0 Å². The standard InChI is InChI=1S/C20H24F3N3O4S/c21-20(22,23)13-24-12-15(11-18(24)27)19(28)26-9-3-4-14-10-16(5-6-17(14)26)31(29,30)25-7-1-2-8-25/h5-6,10,15H,1-4,7-9,11-13H2. The van der Waals surface area contributed by atoms with Crippen molar-refractivity contribution in [1.29, 1.82) is 0 Å². The van der Waals surface area contributed by atoms with E-state index in [4.69, 9.17) is 0 Å². The molecule has 31 heavy (non-hydrogen) atoms. The van der Waals surface area contributed by atoms with Crippen molar-refractivity contribution in [2.24, 2.45) is 5.92 Å². The highest BCUT2D eigenvalue weighted by Crippen LogP contribution is 2.34. The monoisotopic (exact) mass is 459 g/mol. The van der Waals surface area contributed by atoms with Crippen LogP contribution in [0.4, 0.5) is 18.9 Å². The molecule has 170 valence electrons. The van der Waals surface area contributed by atoms with Gasteiger partial charge in [-0.25, -0.2) is 8.42 Å². The molecule has 2 amide bonds. The van der Waals surface area contributed by atoms with Gasteiger partial charge in [0.05, 0.1) is 10.8 Å². The lowest BCUT2D eigenvalue weighted by atomic mass is 9.99. The molecule has 1 unspecified atom stereocenters. The third kappa shape index (κ3) is 4.43. The second-order valence-corrected chi connectivity index (χ2v) is 10.2. The van der Waals surface area contributed by atoms with Gasteiger partial charge in [0, 0.05) is 38.3 Å². The Morgan fingerprint density at radius 3 is 2.48 bits per heavy atom. The number of likely N-dealkylation sites (tertiary alicyclic amines) is 1. The quantitative estimate of drug-likeness (QED) is 0.692. The van der Waals surface area contributed by atoms with E-state index in [1.54, 1.807) is 12.1 Å². The highest BCUT2D eigenvalue weighted by atomic mass is 32.2. The predicted octanol–water partition coefficient (Wildman–Crippen LogP) is 2.16. The average Bonchev–Trinajstić information content (AvgIpc) is 3.36. The number of benzene rings is 1. The third-order valence-corrected chi connectivity index (χ3v) is 7.97. The number of aryl methyl sites for hydroxylation is 1. The number of fused-ring (bicyclic) bond motifs is 1. The molecule has 2 fully saturated rings. The summed E-state index contributed by atoms with van der Waals surface area (Å²) in [6.45, 7) is -0.245. The van der Waals surface area contributed by atoms with Crippen LogP contribution in [0.15, 0.2) is 23.1 Å². The molecule has 1 atom stereocenters. The van der Waals surface area contributed by atoms with E-state index in [2.05, 4.69) is 0 Å². The largest absolute Gasteiger partial charge is 0.406 e. The van der Waals surface area contributed by atoms with Crippen molar-refractivity contribution < 1.29 is 31.2 Å². The molecule has 0 radical (unpaired) electrons. The number of alkyl halides is 3. The van der Waals surface area contributed by atoms with Gasteiger partial charge in [-0.1, -0.05) is 0 Å². The third-order valence-electron chi connectivity index (χ3n) is 6.07. The van der Waals surface area contributed by atoms with Gasteiger partial charge < -0.3 is 9.80 Å². The number of carbonyl (C=O) groups excluding carboxylic acids is 2. The summed E-state index contributed by atoms with van der Waals surface area (Å²) in [5.74, 6) is -1.91. The van der Waals surface area contributed by atoms with E-state index in [-0.39, 0.29) is 17.9 Å². The minimum Gasteiger partial charge on any atom is -0.333 e. The number of halogens is 3. The number of carbonyl (C=O) groups is 2. The van der Waals surface area contributed by atoms with Crippen molar-refractivity contribution in [1.82, 2.24) is 9.21 Å². The van der Waals surface area contributed by atoms with Gasteiger partial charge >= 0.3 is 6.18 Å². The molecule has 1 aromatic carbocycles. The van der Waals surface area contributed by atoms with Gasteiger partial charge in [0.25, 0.3) is 0 Å². The van der Waals surface area contributed by atoms with Crippen LogP contribution in [-0.2, 0) is 26.0 Å². The van der Waals surface area contributed by atoms with E-state index in [0.717, 1.165) is 18.4 Å². The lowest BCUT2D eigenvalue weighted by Gasteiger charge is -2.32. The summed E-state index contributed by atoms with van der Waals surface area (Å²) in [5, 5.41) is 0. The fourth-order valence-corrected chi connectivity index (χ4v) is 6.14. The lowest BCUT2D eigenvalue weighted by molar-refractivity contribution is -0.157. The van der Waals surface area contributed by atoms with E-state index in [0.29, 0.717) is 43.1 Å². The maximum absolute atomic E-state index is 13.1. The van der Waals surface area contributed by atoms with Crippen LogP contribution >= 0.6 is 0 Å². The van der Waals surface area contributed by atoms with Crippen molar-refractivity contribution in [3.63, 3.8) is 0 Å². The SMILES string of the molecule is O=C1CC(C(=O)N2CCCc3cc(S(=O)(=O)N4CCCC4)ccc32)CN1CC(F)(F)F. The van der Waals surface area contributed by atoms with Crippen molar-refractivity contribution in [3.8, 4) is 0 Å². The normalized spacial score (nSPS) is 22.8. The first-order valence-electron chi connectivity index (χ1n) is 10.4. The minimum absolute atomic E-state index is 0.190. The van der Waals surface area contributed by atoms with Crippen molar-refractivity contribution >= 4 is 27.5 Å². The number of nitrogens with zero attached hydrogens (tertiary/aromatic N) is 3. The maximum atomic E-state index is 13.1. The number of anilines is 1. The van der Waals surface area contributed by atoms with Crippen LogP contribution < -0.4 is 4.90 Å². The number of hydrogen-bond acceptors (Lipinski definition) is 4. The highest BCUT2D eigenvalue weighted by molar-refractivity contribution is 7.89. The van der Waals surface area contributed by atoms with Crippen LogP contribution in [0, 0.1) is 5.92 Å². The summed E-state index contributed by atoms with van der Waals surface area (Å²) in [7, 11) is -3.59. The summed E-state index contributed by atoms with van der Waals surface area (Å²) >= 11 is 0. The summed E-state index contributed by atoms with van der Waals surface area (Å²) in [6, 6.07) is 4.67. The van der Waals surface area contributed by atoms with Crippen LogP contribution in [0.25, 0.3) is 0 Å². The van der Waals surface area contributed by atoms with Gasteiger partial charge in [-0.05, 0) is 49.4 Å². The van der Waals surface area contributed by atoms with Gasteiger partial charge in [0.2, 0.25) is 21.8 Å². The number of amides is 2. The van der Waals surface area contributed by atoms with E-state index < -0.39 is 40.5 Å². The Kier molecular flexibility index (Phi) is 5.76. The Labute approximate surface area is 178 Å². The zero-order valence-electron chi connectivity index (χ0n) is 16.9. The van der Waals surface area contributed by atoms with Gasteiger partial charge in [0.15, 0.2) is 0 Å². The van der Waals surface area contributed by atoms with E-state index in [1.165, 1.54) is 15.3 Å². The molecule has 0 aromatic heterocycles. The Morgan fingerprint density at radius 2 is 1.81 bits per heavy atom. The molecule has 3 heterocycles. The molecule has 0 saturated carbocycles. The fourth-order valence-electron chi connectivity index (χ4n) is 4.57. The summed E-state index contributed by atoms with van der Waals surface area (Å²) in [6.07, 6.45) is -1.88. The first-order valence-corrected chi connectivity index (χ1v) is 11.8. The molecular formula is C20H24F3N3O4S. The van der Waals surface area contributed by atoms with E-state index in [1.807, 2.05) is 0 Å². The van der Waals surface area contributed by atoms with Crippen molar-refractivity contribution in [3.05, 3.63) is 23.8 Å². The average molecular weight is 459 g/mol. The molecule has 4 rings (SSSR count). The Morgan fingerprint density at radius 1 is 1.10 bits per heavy atom. The number of hydrogen-bond donors (Lipinski definition) is 0. The molecular weight excluding hydrogens is 435 g/mol. The maximum Gasteiger partial charge on any atom is 0.406 e. The fraction of sp³-hybridized carbons (Fsp3) is 0.600. The van der Waals surface area contributed by atoms with Gasteiger partial charge in [0.1, 0.15) is 6.54 Å². The first-order chi connectivity index (χ1) is 14.6. The topological polar surface area (TPSA) is 78.0 Å². The zero-order chi connectivity index (χ0) is 22.4. The Balaban J connectivity index is 1.53. The molecule has 3 aliphatic heterocycles. The Hall–Kier alpha value is -2.14. The van der Waals surface area contributed by atoms with E-state index in [9.17, 15) is 31.2 Å². The number of rotatable bonds is 4. The van der Waals surface area contributed by atoms with Gasteiger partial charge in [-0.3, -0.25) is 9.59 Å². The van der Waals surface area contributed by atoms with Gasteiger partial charge in [-0.2, -0.15) is 17.5 Å². The molecule has 0 spiro atoms. The summed E-state index contributed by atoms with van der Waals surface area (Å²) in [4.78, 5) is 27.4. The molecule has 2 saturated heterocycles. The summed E-state index contributed by atoms with van der Waals surface area (Å²) < 4.78 is 65.1. The molecule has 7 nitrogen and oxygen atoms in total. The van der Waals surface area contributed by atoms with Crippen LogP contribution in [0.5, 0.6) is 0 Å². The molecule has 11 heteroatoms. The minimum atomic E-state index is -4.51. The predicted molar refractivity (Wildman–Crippen MR) is 106 cm³/mol. The van der Waals surface area contributed by atoms with Crippen LogP contribution in [0.1, 0.15) is 31.2 Å². The van der Waals surface area contributed by atoms with E-state index >= 15 is 0 Å². The first kappa shape index (κ1) is 22.1. The molecule has 1 aromatic rings. The molecule has 0 aliphatic carbocycles. The van der Waals surface area contributed by atoms with Gasteiger partial charge in [-0.15, -0.1) is 0 Å². The van der Waals surface area contributed by atoms with Crippen LogP contribution in [0.3, 0.4) is 0 Å². The molecule has 0 N–H and O–H groups in total. The van der Waals surface area contributed by atoms with Crippen molar-refractivity contribution in [2.75, 3.05) is 37.6 Å². The molecule has 3 aliphatic rings. The summed E-state index contributed by atoms with van der Waals surface area (Å²) in [5.41, 5.74) is 1.29. The zero-order valence-corrected chi connectivity index (χ0v) is 17.7. The van der Waals surface area contributed by atoms with Crippen molar-refractivity contribution in [2.45, 2.75) is 43.2 Å². The van der Waals surface area contributed by atoms with Crippen LogP contribution in [-0.4, -0.2) is 68.3 Å².